The van der Waals surface area contributed by atoms with Crippen LogP contribution in [0, 0.1) is 6.92 Å². The smallest absolute Gasteiger partial charge is 0.344 e. The number of fused-ring (bicyclic) bond motifs is 1. The number of ether oxygens (including phenoxy) is 2. The van der Waals surface area contributed by atoms with Crippen molar-refractivity contribution in [3.8, 4) is 5.69 Å². The molecule has 3 aromatic rings. The van der Waals surface area contributed by atoms with Gasteiger partial charge in [-0.2, -0.15) is 0 Å². The van der Waals surface area contributed by atoms with Gasteiger partial charge in [-0.25, -0.2) is 9.59 Å². The van der Waals surface area contributed by atoms with Gasteiger partial charge in [-0.05, 0) is 37.6 Å². The van der Waals surface area contributed by atoms with Gasteiger partial charge in [0.25, 0.3) is 5.56 Å². The van der Waals surface area contributed by atoms with Crippen LogP contribution in [-0.2, 0) is 14.3 Å². The van der Waals surface area contributed by atoms with Crippen molar-refractivity contribution in [3.05, 3.63) is 76.2 Å². The van der Waals surface area contributed by atoms with Gasteiger partial charge in [0.15, 0.2) is 6.61 Å². The third-order valence-corrected chi connectivity index (χ3v) is 4.05. The standard InChI is InChI=1S/C21H19NO5/c1-3-26-19(23)13-27-21(25)18-12-22(15-8-6-7-14(2)11-15)20(24)17-10-5-4-9-16(17)18/h4-12H,3,13H2,1-2H3. The number of aryl methyl sites for hydroxylation is 1. The maximum Gasteiger partial charge on any atom is 0.344 e. The van der Waals surface area contributed by atoms with E-state index in [-0.39, 0.29) is 17.7 Å². The summed E-state index contributed by atoms with van der Waals surface area (Å²) in [5, 5.41) is 0.866. The highest BCUT2D eigenvalue weighted by Crippen LogP contribution is 2.19. The van der Waals surface area contributed by atoms with Gasteiger partial charge in [0.2, 0.25) is 0 Å². The number of hydrogen-bond donors (Lipinski definition) is 0. The number of benzene rings is 2. The van der Waals surface area contributed by atoms with E-state index in [1.165, 1.54) is 10.8 Å². The molecule has 0 bridgehead atoms. The third kappa shape index (κ3) is 3.89. The van der Waals surface area contributed by atoms with E-state index in [1.54, 1.807) is 37.3 Å². The zero-order valence-electron chi connectivity index (χ0n) is 15.1. The molecule has 0 spiro atoms. The van der Waals surface area contributed by atoms with E-state index >= 15 is 0 Å². The van der Waals surface area contributed by atoms with Crippen LogP contribution >= 0.6 is 0 Å². The van der Waals surface area contributed by atoms with Crippen LogP contribution in [0.1, 0.15) is 22.8 Å². The molecular formula is C21H19NO5. The Morgan fingerprint density at radius 3 is 2.44 bits per heavy atom. The molecule has 1 heterocycles. The van der Waals surface area contributed by atoms with Gasteiger partial charge in [-0.15, -0.1) is 0 Å². The van der Waals surface area contributed by atoms with E-state index < -0.39 is 18.5 Å². The fraction of sp³-hybridized carbons (Fsp3) is 0.190. The number of aromatic nitrogens is 1. The highest BCUT2D eigenvalue weighted by atomic mass is 16.6. The second-order valence-electron chi connectivity index (χ2n) is 5.98. The van der Waals surface area contributed by atoms with Gasteiger partial charge in [0, 0.05) is 22.7 Å². The van der Waals surface area contributed by atoms with E-state index in [0.717, 1.165) is 5.56 Å². The Hall–Kier alpha value is -3.41. The minimum Gasteiger partial charge on any atom is -0.463 e. The SMILES string of the molecule is CCOC(=O)COC(=O)c1cn(-c2cccc(C)c2)c(=O)c2ccccc12. The Kier molecular flexibility index (Phi) is 5.35. The lowest BCUT2D eigenvalue weighted by Gasteiger charge is -2.12. The fourth-order valence-electron chi connectivity index (χ4n) is 2.83. The second-order valence-corrected chi connectivity index (χ2v) is 5.98. The Morgan fingerprint density at radius 2 is 1.74 bits per heavy atom. The van der Waals surface area contributed by atoms with Crippen LogP contribution < -0.4 is 5.56 Å². The molecular weight excluding hydrogens is 346 g/mol. The largest absolute Gasteiger partial charge is 0.463 e. The van der Waals surface area contributed by atoms with Crippen molar-refractivity contribution >= 4 is 22.7 Å². The van der Waals surface area contributed by atoms with Gasteiger partial charge in [-0.1, -0.05) is 30.3 Å². The van der Waals surface area contributed by atoms with Crippen molar-refractivity contribution in [1.29, 1.82) is 0 Å². The lowest BCUT2D eigenvalue weighted by molar-refractivity contribution is -0.146. The maximum absolute atomic E-state index is 12.9. The molecule has 0 aliphatic carbocycles. The summed E-state index contributed by atoms with van der Waals surface area (Å²) in [6.45, 7) is 3.32. The quantitative estimate of drug-likeness (QED) is 0.650. The molecule has 0 radical (unpaired) electrons. The average Bonchev–Trinajstić information content (AvgIpc) is 2.67. The fourth-order valence-corrected chi connectivity index (χ4v) is 2.83. The lowest BCUT2D eigenvalue weighted by Crippen LogP contribution is -2.22. The van der Waals surface area contributed by atoms with E-state index in [4.69, 9.17) is 9.47 Å². The topological polar surface area (TPSA) is 74.6 Å². The zero-order chi connectivity index (χ0) is 19.4. The summed E-state index contributed by atoms with van der Waals surface area (Å²) in [6, 6.07) is 14.2. The first-order valence-electron chi connectivity index (χ1n) is 8.55. The van der Waals surface area contributed by atoms with Crippen LogP contribution in [0.2, 0.25) is 0 Å². The lowest BCUT2D eigenvalue weighted by atomic mass is 10.1. The van der Waals surface area contributed by atoms with Gasteiger partial charge in [0.1, 0.15) is 0 Å². The molecule has 1 aromatic heterocycles. The van der Waals surface area contributed by atoms with Crippen LogP contribution in [0.5, 0.6) is 0 Å². The number of carbonyl (C=O) groups is 2. The molecule has 0 saturated carbocycles. The van der Waals surface area contributed by atoms with Crippen LogP contribution in [0.4, 0.5) is 0 Å². The van der Waals surface area contributed by atoms with Crippen molar-refractivity contribution in [2.45, 2.75) is 13.8 Å². The number of rotatable bonds is 5. The Bertz CT molecular complexity index is 1070. The number of nitrogens with zero attached hydrogens (tertiary/aromatic N) is 1. The molecule has 138 valence electrons. The third-order valence-electron chi connectivity index (χ3n) is 4.05. The van der Waals surface area contributed by atoms with Crippen molar-refractivity contribution in [3.63, 3.8) is 0 Å². The molecule has 0 N–H and O–H groups in total. The molecule has 27 heavy (non-hydrogen) atoms. The van der Waals surface area contributed by atoms with Gasteiger partial charge in [-0.3, -0.25) is 9.36 Å². The van der Waals surface area contributed by atoms with Crippen LogP contribution in [0.15, 0.2) is 59.5 Å². The molecule has 0 unspecified atom stereocenters. The molecule has 0 aliphatic heterocycles. The summed E-state index contributed by atoms with van der Waals surface area (Å²) in [7, 11) is 0. The van der Waals surface area contributed by atoms with Crippen molar-refractivity contribution < 1.29 is 19.1 Å². The van der Waals surface area contributed by atoms with Crippen molar-refractivity contribution in [1.82, 2.24) is 4.57 Å². The summed E-state index contributed by atoms with van der Waals surface area (Å²) >= 11 is 0. The van der Waals surface area contributed by atoms with Gasteiger partial charge >= 0.3 is 11.9 Å². The number of esters is 2. The van der Waals surface area contributed by atoms with Gasteiger partial charge < -0.3 is 9.47 Å². The molecule has 0 amide bonds. The van der Waals surface area contributed by atoms with Gasteiger partial charge in [0.05, 0.1) is 12.2 Å². The highest BCUT2D eigenvalue weighted by molar-refractivity contribution is 6.04. The van der Waals surface area contributed by atoms with Crippen LogP contribution in [0.25, 0.3) is 16.5 Å². The first-order chi connectivity index (χ1) is 13.0. The second kappa shape index (κ2) is 7.86. The molecule has 0 atom stereocenters. The summed E-state index contributed by atoms with van der Waals surface area (Å²) in [5.41, 5.74) is 1.60. The van der Waals surface area contributed by atoms with Crippen molar-refractivity contribution in [2.24, 2.45) is 0 Å². The predicted octanol–water partition coefficient (Wildman–Crippen LogP) is 3.02. The van der Waals surface area contributed by atoms with Crippen LogP contribution in [0.3, 0.4) is 0 Å². The van der Waals surface area contributed by atoms with E-state index in [0.29, 0.717) is 16.5 Å². The Labute approximate surface area is 156 Å². The Morgan fingerprint density at radius 1 is 1.00 bits per heavy atom. The van der Waals surface area contributed by atoms with Crippen molar-refractivity contribution in [2.75, 3.05) is 13.2 Å². The summed E-state index contributed by atoms with van der Waals surface area (Å²) in [6.07, 6.45) is 1.45. The first kappa shape index (κ1) is 18.4. The van der Waals surface area contributed by atoms with E-state index in [2.05, 4.69) is 0 Å². The highest BCUT2D eigenvalue weighted by Gasteiger charge is 2.18. The Balaban J connectivity index is 2.09. The molecule has 6 heteroatoms. The minimum absolute atomic E-state index is 0.205. The summed E-state index contributed by atoms with van der Waals surface area (Å²) in [5.74, 6) is -1.32. The molecule has 6 nitrogen and oxygen atoms in total. The minimum atomic E-state index is -0.694. The molecule has 3 rings (SSSR count). The summed E-state index contributed by atoms with van der Waals surface area (Å²) < 4.78 is 11.3. The van der Waals surface area contributed by atoms with E-state index in [1.807, 2.05) is 25.1 Å². The summed E-state index contributed by atoms with van der Waals surface area (Å²) in [4.78, 5) is 37.0. The first-order valence-corrected chi connectivity index (χ1v) is 8.55. The monoisotopic (exact) mass is 365 g/mol. The maximum atomic E-state index is 12.9. The predicted molar refractivity (Wildman–Crippen MR) is 101 cm³/mol. The van der Waals surface area contributed by atoms with E-state index in [9.17, 15) is 14.4 Å². The molecule has 0 saturated heterocycles. The number of pyridine rings is 1. The molecule has 0 aliphatic rings. The normalized spacial score (nSPS) is 10.6. The van der Waals surface area contributed by atoms with Crippen LogP contribution in [-0.4, -0.2) is 29.7 Å². The average molecular weight is 365 g/mol. The molecule has 2 aromatic carbocycles. The molecule has 0 fully saturated rings. The number of hydrogen-bond acceptors (Lipinski definition) is 5. The number of carbonyl (C=O) groups excluding carboxylic acids is 2. The zero-order valence-corrected chi connectivity index (χ0v) is 15.1.